The van der Waals surface area contributed by atoms with Gasteiger partial charge in [0.05, 0.1) is 5.56 Å². The Morgan fingerprint density at radius 1 is 1.12 bits per heavy atom. The summed E-state index contributed by atoms with van der Waals surface area (Å²) in [5.41, 5.74) is 4.91. The summed E-state index contributed by atoms with van der Waals surface area (Å²) in [7, 11) is 2.17. The molecule has 2 aliphatic heterocycles. The van der Waals surface area contributed by atoms with Crippen molar-refractivity contribution in [1.29, 1.82) is 0 Å². The maximum Gasteiger partial charge on any atom is 0.258 e. The van der Waals surface area contributed by atoms with Crippen LogP contribution in [0.25, 0.3) is 0 Å². The molecule has 0 bridgehead atoms. The van der Waals surface area contributed by atoms with Crippen molar-refractivity contribution in [2.75, 3.05) is 39.8 Å². The van der Waals surface area contributed by atoms with Gasteiger partial charge in [0.25, 0.3) is 5.91 Å². The van der Waals surface area contributed by atoms with E-state index in [0.29, 0.717) is 31.0 Å². The van der Waals surface area contributed by atoms with Crippen LogP contribution in [0.3, 0.4) is 0 Å². The second-order valence-electron chi connectivity index (χ2n) is 9.51. The van der Waals surface area contributed by atoms with Crippen LogP contribution in [0.2, 0.25) is 0 Å². The molecule has 0 saturated carbocycles. The molecule has 4 rings (SSSR count). The highest BCUT2D eigenvalue weighted by atomic mass is 16.5. The van der Waals surface area contributed by atoms with Crippen molar-refractivity contribution in [3.63, 3.8) is 0 Å². The Balaban J connectivity index is 1.48. The number of likely N-dealkylation sites (N-methyl/N-ethyl adjacent to an activating group) is 1. The smallest absolute Gasteiger partial charge is 0.258 e. The molecule has 6 nitrogen and oxygen atoms in total. The Morgan fingerprint density at radius 3 is 2.55 bits per heavy atom. The van der Waals surface area contributed by atoms with Gasteiger partial charge in [0.1, 0.15) is 18.1 Å². The molecular weight excluding hydrogens is 414 g/mol. The lowest BCUT2D eigenvalue weighted by Crippen LogP contribution is -2.43. The Morgan fingerprint density at radius 2 is 1.85 bits per heavy atom. The van der Waals surface area contributed by atoms with Gasteiger partial charge in [0, 0.05) is 51.9 Å². The van der Waals surface area contributed by atoms with E-state index in [2.05, 4.69) is 55.5 Å². The number of hydrogen-bond acceptors (Lipinski definition) is 5. The molecule has 0 unspecified atom stereocenters. The number of amides is 1. The highest BCUT2D eigenvalue weighted by molar-refractivity contribution is 5.97. The van der Waals surface area contributed by atoms with Crippen molar-refractivity contribution >= 4 is 5.91 Å². The van der Waals surface area contributed by atoms with Crippen LogP contribution < -0.4 is 4.74 Å². The number of aromatic hydroxyl groups is 1. The number of ether oxygens (including phenoxy) is 1. The molecule has 2 aromatic rings. The van der Waals surface area contributed by atoms with E-state index >= 15 is 0 Å². The lowest BCUT2D eigenvalue weighted by Gasteiger charge is -2.32. The molecule has 1 amide bonds. The maximum absolute atomic E-state index is 13.4. The number of phenolic OH excluding ortho intramolecular Hbond substituents is 1. The fourth-order valence-electron chi connectivity index (χ4n) is 4.61. The molecule has 0 aliphatic carbocycles. The summed E-state index contributed by atoms with van der Waals surface area (Å²) in [6.45, 7) is 14.6. The number of nitrogens with zero attached hydrogens (tertiary/aromatic N) is 3. The lowest BCUT2D eigenvalue weighted by atomic mass is 9.98. The highest BCUT2D eigenvalue weighted by Gasteiger charge is 2.28. The minimum absolute atomic E-state index is 0.0461. The third-order valence-electron chi connectivity index (χ3n) is 6.62. The first-order valence-electron chi connectivity index (χ1n) is 11.8. The number of carbonyl (C=O) groups excluding carboxylic acids is 1. The third-order valence-corrected chi connectivity index (χ3v) is 6.62. The summed E-state index contributed by atoms with van der Waals surface area (Å²) >= 11 is 0. The van der Waals surface area contributed by atoms with Crippen molar-refractivity contribution in [1.82, 2.24) is 14.7 Å². The van der Waals surface area contributed by atoms with Gasteiger partial charge in [-0.05, 0) is 41.3 Å². The van der Waals surface area contributed by atoms with E-state index in [1.54, 1.807) is 18.2 Å². The summed E-state index contributed by atoms with van der Waals surface area (Å²) in [6, 6.07) is 9.92. The Hall–Kier alpha value is -2.83. The molecule has 6 heteroatoms. The number of rotatable bonds is 7. The van der Waals surface area contributed by atoms with Crippen molar-refractivity contribution in [2.24, 2.45) is 0 Å². The number of fused-ring (bicyclic) bond motifs is 1. The van der Waals surface area contributed by atoms with Crippen molar-refractivity contribution in [3.8, 4) is 11.5 Å². The first kappa shape index (κ1) is 23.3. The van der Waals surface area contributed by atoms with E-state index in [9.17, 15) is 9.90 Å². The molecule has 33 heavy (non-hydrogen) atoms. The Bertz CT molecular complexity index is 1030. The fourth-order valence-corrected chi connectivity index (χ4v) is 4.61. The average molecular weight is 450 g/mol. The van der Waals surface area contributed by atoms with Gasteiger partial charge in [0.15, 0.2) is 0 Å². The predicted octanol–water partition coefficient (Wildman–Crippen LogP) is 3.98. The maximum atomic E-state index is 13.4. The van der Waals surface area contributed by atoms with E-state index in [-0.39, 0.29) is 17.6 Å². The lowest BCUT2D eigenvalue weighted by molar-refractivity contribution is 0.0748. The summed E-state index contributed by atoms with van der Waals surface area (Å²) < 4.78 is 5.71. The second kappa shape index (κ2) is 9.98. The quantitative estimate of drug-likeness (QED) is 0.648. The number of hydrogen-bond donors (Lipinski definition) is 1. The molecule has 2 aromatic carbocycles. The first-order chi connectivity index (χ1) is 15.9. The monoisotopic (exact) mass is 449 g/mol. The molecular formula is C27H35N3O3. The van der Waals surface area contributed by atoms with E-state index < -0.39 is 0 Å². The first-order valence-corrected chi connectivity index (χ1v) is 11.8. The van der Waals surface area contributed by atoms with Gasteiger partial charge in [-0.25, -0.2) is 0 Å². The van der Waals surface area contributed by atoms with Crippen molar-refractivity contribution < 1.29 is 14.6 Å². The molecule has 0 aromatic heterocycles. The van der Waals surface area contributed by atoms with Gasteiger partial charge in [-0.2, -0.15) is 0 Å². The Labute approximate surface area is 197 Å². The van der Waals surface area contributed by atoms with E-state index in [1.807, 2.05) is 4.90 Å². The normalized spacial score (nSPS) is 16.8. The minimum atomic E-state index is -0.151. The number of benzene rings is 2. The largest absolute Gasteiger partial charge is 0.507 e. The molecule has 0 spiro atoms. The average Bonchev–Trinajstić information content (AvgIpc) is 3.22. The highest BCUT2D eigenvalue weighted by Crippen LogP contribution is 2.35. The zero-order valence-electron chi connectivity index (χ0n) is 20.0. The predicted molar refractivity (Wildman–Crippen MR) is 131 cm³/mol. The molecule has 0 atom stereocenters. The van der Waals surface area contributed by atoms with Crippen LogP contribution in [0.5, 0.6) is 11.5 Å². The van der Waals surface area contributed by atoms with Crippen LogP contribution in [0.15, 0.2) is 43.0 Å². The number of phenols is 1. The van der Waals surface area contributed by atoms with Crippen LogP contribution in [-0.2, 0) is 19.6 Å². The van der Waals surface area contributed by atoms with Crippen LogP contribution in [0.4, 0.5) is 0 Å². The molecule has 2 heterocycles. The summed E-state index contributed by atoms with van der Waals surface area (Å²) in [4.78, 5) is 20.0. The molecule has 1 fully saturated rings. The van der Waals surface area contributed by atoms with Crippen molar-refractivity contribution in [3.05, 3.63) is 70.8 Å². The van der Waals surface area contributed by atoms with Gasteiger partial charge in [-0.15, -0.1) is 0 Å². The molecule has 0 radical (unpaired) electrons. The van der Waals surface area contributed by atoms with Crippen LogP contribution in [-0.4, -0.2) is 65.5 Å². The van der Waals surface area contributed by atoms with E-state index in [1.165, 1.54) is 16.7 Å². The summed E-state index contributed by atoms with van der Waals surface area (Å²) in [5.74, 6) is 0.554. The van der Waals surface area contributed by atoms with E-state index in [4.69, 9.17) is 4.74 Å². The topological polar surface area (TPSA) is 56.3 Å². The van der Waals surface area contributed by atoms with Crippen LogP contribution in [0, 0.1) is 0 Å². The Kier molecular flexibility index (Phi) is 7.05. The number of piperazine rings is 1. The molecule has 1 N–H and O–H groups in total. The molecule has 2 aliphatic rings. The number of carbonyl (C=O) groups is 1. The zero-order valence-corrected chi connectivity index (χ0v) is 20.0. The zero-order chi connectivity index (χ0) is 23.5. The summed E-state index contributed by atoms with van der Waals surface area (Å²) in [5, 5.41) is 10.6. The summed E-state index contributed by atoms with van der Waals surface area (Å²) in [6.07, 6.45) is 1.67. The van der Waals surface area contributed by atoms with Gasteiger partial charge in [-0.1, -0.05) is 44.7 Å². The minimum Gasteiger partial charge on any atom is -0.507 e. The van der Waals surface area contributed by atoms with Gasteiger partial charge in [0.2, 0.25) is 0 Å². The standard InChI is InChI=1S/C27H35N3O3/c1-5-12-33-26-15-25(31)24(14-23(26)19(2)3)27(32)30-17-21-7-6-20(13-22(21)18-30)16-29-10-8-28(4)9-11-29/h5-7,13-15,19,31H,1,8-12,16-18H2,2-4H3. The van der Waals surface area contributed by atoms with Gasteiger partial charge in [-0.3, -0.25) is 9.69 Å². The third kappa shape index (κ3) is 5.23. The van der Waals surface area contributed by atoms with Crippen molar-refractivity contribution in [2.45, 2.75) is 39.4 Å². The molecule has 1 saturated heterocycles. The van der Waals surface area contributed by atoms with Crippen LogP contribution in [0.1, 0.15) is 52.4 Å². The SMILES string of the molecule is C=CCOc1cc(O)c(C(=O)N2Cc3ccc(CN4CCN(C)CC4)cc3C2)cc1C(C)C. The van der Waals surface area contributed by atoms with Gasteiger partial charge >= 0.3 is 0 Å². The van der Waals surface area contributed by atoms with E-state index in [0.717, 1.165) is 38.3 Å². The molecule has 176 valence electrons. The van der Waals surface area contributed by atoms with Crippen LogP contribution >= 0.6 is 0 Å². The fraction of sp³-hybridized carbons (Fsp3) is 0.444. The van der Waals surface area contributed by atoms with Gasteiger partial charge < -0.3 is 19.6 Å². The second-order valence-corrected chi connectivity index (χ2v) is 9.51.